The van der Waals surface area contributed by atoms with Crippen molar-refractivity contribution >= 4 is 23.3 Å². The zero-order valence-corrected chi connectivity index (χ0v) is 15.0. The highest BCUT2D eigenvalue weighted by molar-refractivity contribution is 5.86. The van der Waals surface area contributed by atoms with E-state index in [0.29, 0.717) is 13.2 Å². The molecule has 0 aliphatic carbocycles. The smallest absolute Gasteiger partial charge is 0.302 e. The number of rotatable bonds is 5. The van der Waals surface area contributed by atoms with E-state index in [2.05, 4.69) is 20.8 Å². The van der Waals surface area contributed by atoms with Gasteiger partial charge in [-0.05, 0) is 12.1 Å². The minimum Gasteiger partial charge on any atom is -0.464 e. The molecule has 0 bridgehead atoms. The van der Waals surface area contributed by atoms with Crippen LogP contribution in [0.15, 0.2) is 29.3 Å². The zero-order chi connectivity index (χ0) is 17.6. The lowest BCUT2D eigenvalue weighted by Crippen LogP contribution is -2.36. The first-order chi connectivity index (χ1) is 12.1. The summed E-state index contributed by atoms with van der Waals surface area (Å²) in [5.74, 6) is 0.677. The molecule has 1 aromatic carbocycles. The van der Waals surface area contributed by atoms with E-state index in [-0.39, 0.29) is 5.97 Å². The molecule has 3 rings (SSSR count). The summed E-state index contributed by atoms with van der Waals surface area (Å²) in [7, 11) is 2.04. The lowest BCUT2D eigenvalue weighted by atomic mass is 10.2. The molecule has 136 valence electrons. The van der Waals surface area contributed by atoms with E-state index >= 15 is 0 Å². The molecule has 0 radical (unpaired) electrons. The third-order valence-electron chi connectivity index (χ3n) is 4.45. The summed E-state index contributed by atoms with van der Waals surface area (Å²) in [6, 6.07) is 8.23. The molecule has 0 amide bonds. The van der Waals surface area contributed by atoms with E-state index in [0.717, 1.165) is 56.7 Å². The van der Waals surface area contributed by atoms with Gasteiger partial charge in [0, 0.05) is 40.2 Å². The van der Waals surface area contributed by atoms with E-state index in [9.17, 15) is 4.79 Å². The van der Waals surface area contributed by atoms with Crippen LogP contribution in [-0.4, -0.2) is 81.3 Å². The number of guanidine groups is 1. The summed E-state index contributed by atoms with van der Waals surface area (Å²) in [6.45, 7) is 7.54. The van der Waals surface area contributed by atoms with Crippen molar-refractivity contribution in [1.82, 2.24) is 9.80 Å². The standard InChI is InChI=1S/C18H26N4O3/c1-15(23)25-14-11-22-8-7-20(2)18(22)19-16-5-3-4-6-17(16)21-9-12-24-13-10-21/h3-6H,7-14H2,1-2H3. The molecule has 2 heterocycles. The van der Waals surface area contributed by atoms with Crippen LogP contribution in [0.5, 0.6) is 0 Å². The van der Waals surface area contributed by atoms with E-state index in [1.807, 2.05) is 25.2 Å². The first-order valence-electron chi connectivity index (χ1n) is 8.75. The number of likely N-dealkylation sites (N-methyl/N-ethyl adjacent to an activating group) is 1. The molecule has 2 aliphatic rings. The topological polar surface area (TPSA) is 57.6 Å². The third-order valence-corrected chi connectivity index (χ3v) is 4.45. The molecular weight excluding hydrogens is 320 g/mol. The molecule has 0 unspecified atom stereocenters. The maximum Gasteiger partial charge on any atom is 0.302 e. The number of nitrogens with zero attached hydrogens (tertiary/aromatic N) is 4. The maximum atomic E-state index is 11.0. The Morgan fingerprint density at radius 2 is 1.96 bits per heavy atom. The minimum absolute atomic E-state index is 0.247. The highest BCUT2D eigenvalue weighted by Gasteiger charge is 2.24. The number of carbonyl (C=O) groups is 1. The number of esters is 1. The van der Waals surface area contributed by atoms with Crippen LogP contribution in [0.3, 0.4) is 0 Å². The Kier molecular flexibility index (Phi) is 5.75. The van der Waals surface area contributed by atoms with E-state index in [1.165, 1.54) is 6.92 Å². The first kappa shape index (κ1) is 17.5. The van der Waals surface area contributed by atoms with Crippen LogP contribution in [0.25, 0.3) is 0 Å². The Bertz CT molecular complexity index is 629. The number of para-hydroxylation sites is 2. The average Bonchev–Trinajstić information content (AvgIpc) is 2.96. The third kappa shape index (κ3) is 4.42. The number of anilines is 1. The molecule has 7 nitrogen and oxygen atoms in total. The Morgan fingerprint density at radius 1 is 1.20 bits per heavy atom. The van der Waals surface area contributed by atoms with Gasteiger partial charge in [-0.25, -0.2) is 4.99 Å². The number of benzene rings is 1. The molecule has 0 atom stereocenters. The fourth-order valence-electron chi connectivity index (χ4n) is 3.12. The van der Waals surface area contributed by atoms with Crippen LogP contribution in [0.1, 0.15) is 6.92 Å². The summed E-state index contributed by atoms with van der Waals surface area (Å²) < 4.78 is 10.5. The molecule has 2 saturated heterocycles. The Labute approximate surface area is 148 Å². The number of morpholine rings is 1. The fourth-order valence-corrected chi connectivity index (χ4v) is 3.12. The predicted octanol–water partition coefficient (Wildman–Crippen LogP) is 1.32. The molecule has 0 aromatic heterocycles. The fraction of sp³-hybridized carbons (Fsp3) is 0.556. The largest absolute Gasteiger partial charge is 0.464 e. The normalized spacial score (nSPS) is 19.6. The summed E-state index contributed by atoms with van der Waals surface area (Å²) in [4.78, 5) is 22.5. The van der Waals surface area contributed by atoms with Gasteiger partial charge in [0.25, 0.3) is 0 Å². The lowest BCUT2D eigenvalue weighted by molar-refractivity contribution is -0.141. The molecule has 2 fully saturated rings. The zero-order valence-electron chi connectivity index (χ0n) is 15.0. The molecule has 2 aliphatic heterocycles. The molecule has 0 spiro atoms. The second-order valence-electron chi connectivity index (χ2n) is 6.25. The van der Waals surface area contributed by atoms with Gasteiger partial charge in [0.15, 0.2) is 0 Å². The van der Waals surface area contributed by atoms with Crippen molar-refractivity contribution in [1.29, 1.82) is 0 Å². The molecule has 0 saturated carbocycles. The number of ether oxygens (including phenoxy) is 2. The van der Waals surface area contributed by atoms with Gasteiger partial charge in [0.05, 0.1) is 31.1 Å². The van der Waals surface area contributed by atoms with Crippen molar-refractivity contribution in [2.45, 2.75) is 6.92 Å². The van der Waals surface area contributed by atoms with Crippen LogP contribution < -0.4 is 4.90 Å². The molecule has 0 N–H and O–H groups in total. The first-order valence-corrected chi connectivity index (χ1v) is 8.75. The van der Waals surface area contributed by atoms with E-state index < -0.39 is 0 Å². The van der Waals surface area contributed by atoms with Gasteiger partial charge < -0.3 is 24.2 Å². The number of carbonyl (C=O) groups excluding carboxylic acids is 1. The minimum atomic E-state index is -0.247. The SMILES string of the molecule is CC(=O)OCCN1CCN(C)C1=Nc1ccccc1N1CCOCC1. The molecular formula is C18H26N4O3. The van der Waals surface area contributed by atoms with Crippen LogP contribution in [0.2, 0.25) is 0 Å². The van der Waals surface area contributed by atoms with Gasteiger partial charge in [-0.1, -0.05) is 12.1 Å². The Balaban J connectivity index is 1.78. The quantitative estimate of drug-likeness (QED) is 0.750. The number of aliphatic imine (C=N–C) groups is 1. The van der Waals surface area contributed by atoms with Crippen LogP contribution in [-0.2, 0) is 14.3 Å². The van der Waals surface area contributed by atoms with Crippen molar-refractivity contribution < 1.29 is 14.3 Å². The average molecular weight is 346 g/mol. The Hall–Kier alpha value is -2.28. The number of hydrogen-bond acceptors (Lipinski definition) is 5. The highest BCUT2D eigenvalue weighted by Crippen LogP contribution is 2.30. The number of hydrogen-bond donors (Lipinski definition) is 0. The molecule has 25 heavy (non-hydrogen) atoms. The molecule has 1 aromatic rings. The van der Waals surface area contributed by atoms with Gasteiger partial charge in [0.1, 0.15) is 6.61 Å². The molecule has 7 heteroatoms. The van der Waals surface area contributed by atoms with Crippen molar-refractivity contribution in [3.05, 3.63) is 24.3 Å². The summed E-state index contributed by atoms with van der Waals surface area (Å²) >= 11 is 0. The van der Waals surface area contributed by atoms with Gasteiger partial charge in [0.2, 0.25) is 5.96 Å². The van der Waals surface area contributed by atoms with E-state index in [4.69, 9.17) is 14.5 Å². The summed E-state index contributed by atoms with van der Waals surface area (Å²) in [5.41, 5.74) is 2.10. The van der Waals surface area contributed by atoms with E-state index in [1.54, 1.807) is 0 Å². The van der Waals surface area contributed by atoms with Crippen LogP contribution >= 0.6 is 0 Å². The van der Waals surface area contributed by atoms with Gasteiger partial charge in [-0.3, -0.25) is 4.79 Å². The van der Waals surface area contributed by atoms with Gasteiger partial charge in [-0.15, -0.1) is 0 Å². The maximum absolute atomic E-state index is 11.0. The monoisotopic (exact) mass is 346 g/mol. The van der Waals surface area contributed by atoms with Crippen molar-refractivity contribution in [3.8, 4) is 0 Å². The highest BCUT2D eigenvalue weighted by atomic mass is 16.5. The van der Waals surface area contributed by atoms with Gasteiger partial charge in [-0.2, -0.15) is 0 Å². The summed E-state index contributed by atoms with van der Waals surface area (Å²) in [6.07, 6.45) is 0. The second kappa shape index (κ2) is 8.20. The summed E-state index contributed by atoms with van der Waals surface area (Å²) in [5, 5.41) is 0. The predicted molar refractivity (Wildman–Crippen MR) is 97.4 cm³/mol. The van der Waals surface area contributed by atoms with Crippen LogP contribution in [0.4, 0.5) is 11.4 Å². The Morgan fingerprint density at radius 3 is 2.72 bits per heavy atom. The van der Waals surface area contributed by atoms with Gasteiger partial charge >= 0.3 is 5.97 Å². The lowest BCUT2D eigenvalue weighted by Gasteiger charge is -2.30. The van der Waals surface area contributed by atoms with Crippen LogP contribution in [0, 0.1) is 0 Å². The van der Waals surface area contributed by atoms with Crippen molar-refractivity contribution in [3.63, 3.8) is 0 Å². The second-order valence-corrected chi connectivity index (χ2v) is 6.25. The van der Waals surface area contributed by atoms with Crippen molar-refractivity contribution in [2.75, 3.05) is 64.5 Å². The van der Waals surface area contributed by atoms with Crippen molar-refractivity contribution in [2.24, 2.45) is 4.99 Å².